The minimum absolute atomic E-state index is 0.127. The third-order valence-corrected chi connectivity index (χ3v) is 4.12. The van der Waals surface area contributed by atoms with Gasteiger partial charge in [0.2, 0.25) is 6.79 Å². The van der Waals surface area contributed by atoms with Crippen LogP contribution in [0.3, 0.4) is 0 Å². The normalized spacial score (nSPS) is 14.2. The standard InChI is InChI=1S/C19H20N2O6/c1-19(24,12-6-7-15-16(8-12)27-11-26-15)10-20-17(22)18(23)21-13-4-3-5-14(9-13)25-2/h3-9,24H,10-11H2,1-2H3,(H,20,22)(H,21,23). The number of anilines is 1. The molecule has 1 heterocycles. The summed E-state index contributed by atoms with van der Waals surface area (Å²) in [6, 6.07) is 11.6. The summed E-state index contributed by atoms with van der Waals surface area (Å²) >= 11 is 0. The molecule has 0 bridgehead atoms. The second kappa shape index (κ2) is 7.55. The van der Waals surface area contributed by atoms with Crippen LogP contribution in [0.1, 0.15) is 12.5 Å². The molecule has 0 aliphatic carbocycles. The van der Waals surface area contributed by atoms with Gasteiger partial charge in [0, 0.05) is 11.8 Å². The van der Waals surface area contributed by atoms with Crippen molar-refractivity contribution < 1.29 is 28.9 Å². The Morgan fingerprint density at radius 1 is 1.15 bits per heavy atom. The molecule has 3 rings (SSSR count). The zero-order valence-electron chi connectivity index (χ0n) is 14.9. The first-order valence-corrected chi connectivity index (χ1v) is 8.25. The van der Waals surface area contributed by atoms with Crippen LogP contribution in [0, 0.1) is 0 Å². The van der Waals surface area contributed by atoms with Crippen molar-refractivity contribution in [3.63, 3.8) is 0 Å². The highest BCUT2D eigenvalue weighted by molar-refractivity contribution is 6.39. The Bertz CT molecular complexity index is 865. The summed E-state index contributed by atoms with van der Waals surface area (Å²) in [5.41, 5.74) is -0.440. The Balaban J connectivity index is 1.59. The molecule has 0 aromatic heterocycles. The number of hydrogen-bond donors (Lipinski definition) is 3. The Labute approximate surface area is 156 Å². The SMILES string of the molecule is COc1cccc(NC(=O)C(=O)NCC(C)(O)c2ccc3c(c2)OCO3)c1. The van der Waals surface area contributed by atoms with Crippen molar-refractivity contribution in [2.24, 2.45) is 0 Å². The van der Waals surface area contributed by atoms with Gasteiger partial charge in [0.15, 0.2) is 11.5 Å². The van der Waals surface area contributed by atoms with Gasteiger partial charge in [-0.3, -0.25) is 9.59 Å². The lowest BCUT2D eigenvalue weighted by molar-refractivity contribution is -0.136. The lowest BCUT2D eigenvalue weighted by Crippen LogP contribution is -2.43. The van der Waals surface area contributed by atoms with Crippen molar-refractivity contribution in [3.05, 3.63) is 48.0 Å². The van der Waals surface area contributed by atoms with Crippen LogP contribution in [0.25, 0.3) is 0 Å². The number of aliphatic hydroxyl groups is 1. The summed E-state index contributed by atoms with van der Waals surface area (Å²) in [5.74, 6) is -0.0337. The van der Waals surface area contributed by atoms with E-state index in [9.17, 15) is 14.7 Å². The molecule has 3 N–H and O–H groups in total. The van der Waals surface area contributed by atoms with Crippen LogP contribution in [-0.2, 0) is 15.2 Å². The third-order valence-electron chi connectivity index (χ3n) is 4.12. The number of rotatable bonds is 5. The van der Waals surface area contributed by atoms with Gasteiger partial charge in [-0.15, -0.1) is 0 Å². The van der Waals surface area contributed by atoms with Crippen LogP contribution < -0.4 is 24.8 Å². The Hall–Kier alpha value is -3.26. The van der Waals surface area contributed by atoms with Gasteiger partial charge in [0.05, 0.1) is 13.7 Å². The van der Waals surface area contributed by atoms with E-state index in [4.69, 9.17) is 14.2 Å². The van der Waals surface area contributed by atoms with Gasteiger partial charge in [-0.05, 0) is 36.8 Å². The van der Waals surface area contributed by atoms with E-state index in [1.165, 1.54) is 14.0 Å². The molecule has 8 heteroatoms. The molecule has 8 nitrogen and oxygen atoms in total. The van der Waals surface area contributed by atoms with E-state index >= 15 is 0 Å². The van der Waals surface area contributed by atoms with Crippen molar-refractivity contribution in [2.45, 2.75) is 12.5 Å². The molecule has 2 aromatic carbocycles. The number of methoxy groups -OCH3 is 1. The van der Waals surface area contributed by atoms with E-state index in [-0.39, 0.29) is 13.3 Å². The van der Waals surface area contributed by atoms with Crippen molar-refractivity contribution >= 4 is 17.5 Å². The molecule has 2 amide bonds. The number of benzene rings is 2. The van der Waals surface area contributed by atoms with Gasteiger partial charge in [0.25, 0.3) is 0 Å². The summed E-state index contributed by atoms with van der Waals surface area (Å²) in [6.45, 7) is 1.50. The predicted octanol–water partition coefficient (Wildman–Crippen LogP) is 1.39. The average Bonchev–Trinajstić information content (AvgIpc) is 3.14. The number of hydrogen-bond acceptors (Lipinski definition) is 6. The predicted molar refractivity (Wildman–Crippen MR) is 96.8 cm³/mol. The van der Waals surface area contributed by atoms with E-state index in [2.05, 4.69) is 10.6 Å². The number of amides is 2. The first-order chi connectivity index (χ1) is 12.9. The van der Waals surface area contributed by atoms with E-state index in [0.29, 0.717) is 28.5 Å². The largest absolute Gasteiger partial charge is 0.497 e. The fourth-order valence-electron chi connectivity index (χ4n) is 2.55. The maximum Gasteiger partial charge on any atom is 0.313 e. The molecular formula is C19H20N2O6. The molecule has 1 aliphatic rings. The monoisotopic (exact) mass is 372 g/mol. The van der Waals surface area contributed by atoms with Crippen molar-refractivity contribution in [3.8, 4) is 17.2 Å². The van der Waals surface area contributed by atoms with E-state index < -0.39 is 17.4 Å². The Morgan fingerprint density at radius 2 is 1.93 bits per heavy atom. The summed E-state index contributed by atoms with van der Waals surface area (Å²) in [7, 11) is 1.51. The molecular weight excluding hydrogens is 352 g/mol. The molecule has 142 valence electrons. The first kappa shape index (κ1) is 18.5. The van der Waals surface area contributed by atoms with Gasteiger partial charge < -0.3 is 30.0 Å². The number of ether oxygens (including phenoxy) is 3. The van der Waals surface area contributed by atoms with Crippen molar-refractivity contribution in [1.29, 1.82) is 0 Å². The minimum Gasteiger partial charge on any atom is -0.497 e. The molecule has 1 atom stereocenters. The highest BCUT2D eigenvalue weighted by Gasteiger charge is 2.27. The molecule has 2 aromatic rings. The second-order valence-electron chi connectivity index (χ2n) is 6.21. The summed E-state index contributed by atoms with van der Waals surface area (Å²) < 4.78 is 15.6. The molecule has 1 unspecified atom stereocenters. The van der Waals surface area contributed by atoms with Gasteiger partial charge in [-0.1, -0.05) is 12.1 Å². The van der Waals surface area contributed by atoms with E-state index in [0.717, 1.165) is 0 Å². The molecule has 1 aliphatic heterocycles. The van der Waals surface area contributed by atoms with Crippen molar-refractivity contribution in [1.82, 2.24) is 5.32 Å². The lowest BCUT2D eigenvalue weighted by Gasteiger charge is -2.24. The fraction of sp³-hybridized carbons (Fsp3) is 0.263. The van der Waals surface area contributed by atoms with Crippen LogP contribution >= 0.6 is 0 Å². The van der Waals surface area contributed by atoms with Crippen LogP contribution in [-0.4, -0.2) is 37.4 Å². The molecule has 0 spiro atoms. The molecule has 0 radical (unpaired) electrons. The summed E-state index contributed by atoms with van der Waals surface area (Å²) in [5, 5.41) is 15.6. The van der Waals surface area contributed by atoms with Gasteiger partial charge in [-0.25, -0.2) is 0 Å². The van der Waals surface area contributed by atoms with E-state index in [1.54, 1.807) is 42.5 Å². The van der Waals surface area contributed by atoms with Gasteiger partial charge >= 0.3 is 11.8 Å². The Kier molecular flexibility index (Phi) is 5.18. The zero-order chi connectivity index (χ0) is 19.4. The number of fused-ring (bicyclic) bond motifs is 1. The molecule has 0 saturated carbocycles. The topological polar surface area (TPSA) is 106 Å². The van der Waals surface area contributed by atoms with E-state index in [1.807, 2.05) is 0 Å². The summed E-state index contributed by atoms with van der Waals surface area (Å²) in [4.78, 5) is 24.1. The maximum absolute atomic E-state index is 12.1. The first-order valence-electron chi connectivity index (χ1n) is 8.25. The molecule has 0 fully saturated rings. The second-order valence-corrected chi connectivity index (χ2v) is 6.21. The highest BCUT2D eigenvalue weighted by Crippen LogP contribution is 2.35. The number of carbonyl (C=O) groups excluding carboxylic acids is 2. The highest BCUT2D eigenvalue weighted by atomic mass is 16.7. The minimum atomic E-state index is -1.40. The van der Waals surface area contributed by atoms with Crippen LogP contribution in [0.5, 0.6) is 17.2 Å². The van der Waals surface area contributed by atoms with Crippen molar-refractivity contribution in [2.75, 3.05) is 25.8 Å². The van der Waals surface area contributed by atoms with Crippen LogP contribution in [0.2, 0.25) is 0 Å². The smallest absolute Gasteiger partial charge is 0.313 e. The zero-order valence-corrected chi connectivity index (χ0v) is 14.9. The third kappa shape index (κ3) is 4.29. The average molecular weight is 372 g/mol. The fourth-order valence-corrected chi connectivity index (χ4v) is 2.55. The van der Waals surface area contributed by atoms with Crippen LogP contribution in [0.15, 0.2) is 42.5 Å². The van der Waals surface area contributed by atoms with Gasteiger partial charge in [0.1, 0.15) is 11.4 Å². The van der Waals surface area contributed by atoms with Crippen LogP contribution in [0.4, 0.5) is 5.69 Å². The lowest BCUT2D eigenvalue weighted by atomic mass is 9.95. The number of carbonyl (C=O) groups is 2. The Morgan fingerprint density at radius 3 is 2.70 bits per heavy atom. The molecule has 0 saturated heterocycles. The van der Waals surface area contributed by atoms with Gasteiger partial charge in [-0.2, -0.15) is 0 Å². The molecule has 27 heavy (non-hydrogen) atoms. The quantitative estimate of drug-likeness (QED) is 0.685. The number of nitrogens with one attached hydrogen (secondary N) is 2. The summed E-state index contributed by atoms with van der Waals surface area (Å²) in [6.07, 6.45) is 0. The maximum atomic E-state index is 12.1.